The zero-order valence-electron chi connectivity index (χ0n) is 10.6. The monoisotopic (exact) mass is 220 g/mol. The summed E-state index contributed by atoms with van der Waals surface area (Å²) in [7, 11) is 0. The van der Waals surface area contributed by atoms with Gasteiger partial charge < -0.3 is 4.74 Å². The predicted molar refractivity (Wildman–Crippen MR) is 62.1 cm³/mol. The number of carbonyl (C=O) groups is 1. The van der Waals surface area contributed by atoms with Crippen molar-refractivity contribution in [2.45, 2.75) is 46.1 Å². The highest BCUT2D eigenvalue weighted by Gasteiger charge is 2.68. The van der Waals surface area contributed by atoms with Crippen molar-refractivity contribution >= 4 is 5.78 Å². The number of hydrogen-bond acceptors (Lipinski definition) is 2. The molecule has 0 N–H and O–H groups in total. The molecular formula is C14H20O2. The molecule has 3 rings (SSSR count). The van der Waals surface area contributed by atoms with E-state index < -0.39 is 5.60 Å². The van der Waals surface area contributed by atoms with Crippen LogP contribution in [0.25, 0.3) is 0 Å². The van der Waals surface area contributed by atoms with Gasteiger partial charge >= 0.3 is 0 Å². The molecule has 0 aromatic carbocycles. The number of carbonyl (C=O) groups excluding carboxylic acids is 1. The zero-order chi connectivity index (χ0) is 11.8. The number of Topliss-reactive ketones (excluding diaryl/α,β-unsaturated/α-hetero) is 1. The lowest BCUT2D eigenvalue weighted by Crippen LogP contribution is -2.54. The first-order valence-corrected chi connectivity index (χ1v) is 6.22. The number of epoxide rings is 1. The topological polar surface area (TPSA) is 29.6 Å². The molecule has 3 atom stereocenters. The zero-order valence-corrected chi connectivity index (χ0v) is 10.6. The van der Waals surface area contributed by atoms with E-state index in [1.807, 2.05) is 0 Å². The van der Waals surface area contributed by atoms with Crippen molar-refractivity contribution in [3.05, 3.63) is 11.6 Å². The summed E-state index contributed by atoms with van der Waals surface area (Å²) in [4.78, 5) is 12.5. The lowest BCUT2D eigenvalue weighted by molar-refractivity contribution is -0.130. The van der Waals surface area contributed by atoms with E-state index in [4.69, 9.17) is 4.74 Å². The molecule has 16 heavy (non-hydrogen) atoms. The van der Waals surface area contributed by atoms with E-state index in [0.717, 1.165) is 12.0 Å². The summed E-state index contributed by atoms with van der Waals surface area (Å²) in [5.41, 5.74) is 0.736. The standard InChI is InChI=1S/C14H20O2/c1-12(2,3)9-7-13(4)6-5-10(13)14(8-16-14)11(9)15/h7,10H,5-6,8H2,1-4H3/t10-,13-,14-/m0/s1. The molecule has 2 heteroatoms. The van der Waals surface area contributed by atoms with Crippen molar-refractivity contribution < 1.29 is 9.53 Å². The van der Waals surface area contributed by atoms with Crippen LogP contribution in [0, 0.1) is 16.7 Å². The van der Waals surface area contributed by atoms with Gasteiger partial charge in [0.2, 0.25) is 0 Å². The minimum Gasteiger partial charge on any atom is -0.361 e. The first kappa shape index (κ1) is 10.5. The molecule has 0 aromatic rings. The first-order chi connectivity index (χ1) is 7.30. The normalized spacial score (nSPS) is 46.1. The fraction of sp³-hybridized carbons (Fsp3) is 0.786. The lowest BCUT2D eigenvalue weighted by atomic mass is 9.50. The average Bonchev–Trinajstić information content (AvgIpc) is 2.88. The van der Waals surface area contributed by atoms with E-state index >= 15 is 0 Å². The Labute approximate surface area is 97.1 Å². The Morgan fingerprint density at radius 2 is 2.06 bits per heavy atom. The van der Waals surface area contributed by atoms with Crippen LogP contribution in [0.1, 0.15) is 40.5 Å². The molecular weight excluding hydrogens is 200 g/mol. The maximum absolute atomic E-state index is 12.5. The van der Waals surface area contributed by atoms with Crippen molar-refractivity contribution in [2.75, 3.05) is 6.61 Å². The number of rotatable bonds is 0. The molecule has 2 nitrogen and oxygen atoms in total. The molecule has 2 fully saturated rings. The van der Waals surface area contributed by atoms with Crippen molar-refractivity contribution in [2.24, 2.45) is 16.7 Å². The Hall–Kier alpha value is -0.630. The van der Waals surface area contributed by atoms with Gasteiger partial charge in [0.25, 0.3) is 0 Å². The SMILES string of the molecule is CC(C)(C)C1=C[C@]2(C)CC[C@@H]2[C@@]2(CO2)C1=O. The number of fused-ring (bicyclic) bond motifs is 2. The quantitative estimate of drug-likeness (QED) is 0.587. The van der Waals surface area contributed by atoms with E-state index in [1.165, 1.54) is 6.42 Å². The fourth-order valence-electron chi connectivity index (χ4n) is 3.43. The van der Waals surface area contributed by atoms with Crippen molar-refractivity contribution in [1.29, 1.82) is 0 Å². The summed E-state index contributed by atoms with van der Waals surface area (Å²) in [5, 5.41) is 0. The molecule has 0 radical (unpaired) electrons. The molecule has 2 aliphatic carbocycles. The van der Waals surface area contributed by atoms with Crippen LogP contribution >= 0.6 is 0 Å². The minimum atomic E-state index is -0.412. The van der Waals surface area contributed by atoms with Gasteiger partial charge in [0.1, 0.15) is 0 Å². The van der Waals surface area contributed by atoms with Crippen LogP contribution < -0.4 is 0 Å². The first-order valence-electron chi connectivity index (χ1n) is 6.22. The highest BCUT2D eigenvalue weighted by atomic mass is 16.6. The predicted octanol–water partition coefficient (Wildman–Crippen LogP) is 2.73. The van der Waals surface area contributed by atoms with Crippen LogP contribution in [0.4, 0.5) is 0 Å². The van der Waals surface area contributed by atoms with Gasteiger partial charge in [-0.15, -0.1) is 0 Å². The van der Waals surface area contributed by atoms with Gasteiger partial charge in [0, 0.05) is 11.5 Å². The van der Waals surface area contributed by atoms with E-state index in [9.17, 15) is 4.79 Å². The van der Waals surface area contributed by atoms with Crippen LogP contribution in [0.15, 0.2) is 11.6 Å². The maximum Gasteiger partial charge on any atom is 0.193 e. The summed E-state index contributed by atoms with van der Waals surface area (Å²) in [5.74, 6) is 0.709. The highest BCUT2D eigenvalue weighted by Crippen LogP contribution is 2.63. The van der Waals surface area contributed by atoms with Crippen molar-refractivity contribution in [3.8, 4) is 0 Å². The number of ether oxygens (including phenoxy) is 1. The molecule has 1 spiro atoms. The van der Waals surface area contributed by atoms with Crippen molar-refractivity contribution in [1.82, 2.24) is 0 Å². The van der Waals surface area contributed by atoms with Crippen LogP contribution in [-0.4, -0.2) is 18.0 Å². The Kier molecular flexibility index (Phi) is 1.72. The van der Waals surface area contributed by atoms with Gasteiger partial charge in [0.05, 0.1) is 6.61 Å². The Morgan fingerprint density at radius 3 is 2.44 bits per heavy atom. The summed E-state index contributed by atoms with van der Waals surface area (Å²) in [6.45, 7) is 9.29. The van der Waals surface area contributed by atoms with Crippen molar-refractivity contribution in [3.63, 3.8) is 0 Å². The van der Waals surface area contributed by atoms with E-state index in [-0.39, 0.29) is 16.6 Å². The average molecular weight is 220 g/mol. The fourth-order valence-corrected chi connectivity index (χ4v) is 3.43. The van der Waals surface area contributed by atoms with Crippen LogP contribution in [0.2, 0.25) is 0 Å². The minimum absolute atomic E-state index is 0.0559. The van der Waals surface area contributed by atoms with Gasteiger partial charge in [-0.05, 0) is 23.7 Å². The molecule has 1 aliphatic heterocycles. The van der Waals surface area contributed by atoms with Crippen LogP contribution in [0.5, 0.6) is 0 Å². The summed E-state index contributed by atoms with van der Waals surface area (Å²) < 4.78 is 5.58. The molecule has 1 saturated heterocycles. The number of hydrogen-bond donors (Lipinski definition) is 0. The molecule has 3 aliphatic rings. The van der Waals surface area contributed by atoms with E-state index in [0.29, 0.717) is 12.5 Å². The Bertz CT molecular complexity index is 395. The van der Waals surface area contributed by atoms with Gasteiger partial charge in [-0.1, -0.05) is 33.8 Å². The van der Waals surface area contributed by atoms with Crippen LogP contribution in [0.3, 0.4) is 0 Å². The molecule has 0 bridgehead atoms. The summed E-state index contributed by atoms with van der Waals surface area (Å²) in [6, 6.07) is 0. The molecule has 0 aromatic heterocycles. The largest absolute Gasteiger partial charge is 0.361 e. The second kappa shape index (κ2) is 2.61. The third-order valence-corrected chi connectivity index (χ3v) is 4.70. The second-order valence-electron chi connectivity index (χ2n) is 6.91. The lowest BCUT2D eigenvalue weighted by Gasteiger charge is -2.52. The van der Waals surface area contributed by atoms with Gasteiger partial charge in [0.15, 0.2) is 11.4 Å². The molecule has 1 heterocycles. The molecule has 0 unspecified atom stereocenters. The third-order valence-electron chi connectivity index (χ3n) is 4.70. The Balaban J connectivity index is 2.10. The Morgan fingerprint density at radius 1 is 1.44 bits per heavy atom. The van der Waals surface area contributed by atoms with Gasteiger partial charge in [-0.3, -0.25) is 4.79 Å². The second-order valence-corrected chi connectivity index (χ2v) is 6.91. The highest BCUT2D eigenvalue weighted by molar-refractivity contribution is 6.06. The van der Waals surface area contributed by atoms with E-state index in [2.05, 4.69) is 33.8 Å². The number of allylic oxidation sites excluding steroid dienone is 1. The molecule has 88 valence electrons. The smallest absolute Gasteiger partial charge is 0.193 e. The third kappa shape index (κ3) is 1.09. The maximum atomic E-state index is 12.5. The summed E-state index contributed by atoms with van der Waals surface area (Å²) >= 11 is 0. The van der Waals surface area contributed by atoms with Gasteiger partial charge in [-0.25, -0.2) is 0 Å². The van der Waals surface area contributed by atoms with Crippen LogP contribution in [-0.2, 0) is 9.53 Å². The number of ketones is 1. The summed E-state index contributed by atoms with van der Waals surface area (Å²) in [6.07, 6.45) is 4.60. The molecule has 1 saturated carbocycles. The molecule has 0 amide bonds. The van der Waals surface area contributed by atoms with E-state index in [1.54, 1.807) is 0 Å². The van der Waals surface area contributed by atoms with Gasteiger partial charge in [-0.2, -0.15) is 0 Å².